The summed E-state index contributed by atoms with van der Waals surface area (Å²) in [5.41, 5.74) is -0.565. The Bertz CT molecular complexity index is 538. The second-order valence-electron chi connectivity index (χ2n) is 4.30. The summed E-state index contributed by atoms with van der Waals surface area (Å²) in [6.45, 7) is 2.51. The maximum Gasteiger partial charge on any atom is 0.360 e. The Kier molecular flexibility index (Phi) is 3.09. The molecule has 1 aromatic heterocycles. The molecule has 0 aromatic carbocycles. The van der Waals surface area contributed by atoms with E-state index in [-0.39, 0.29) is 11.5 Å². The second kappa shape index (κ2) is 4.34. The third-order valence-electron chi connectivity index (χ3n) is 2.84. The van der Waals surface area contributed by atoms with Gasteiger partial charge < -0.3 is 9.94 Å². The lowest BCUT2D eigenvalue weighted by molar-refractivity contribution is -0.262. The molecule has 0 saturated heterocycles. The van der Waals surface area contributed by atoms with Gasteiger partial charge in [0.05, 0.1) is 5.69 Å². The smallest absolute Gasteiger partial charge is 0.353 e. The third kappa shape index (κ3) is 2.10. The molecule has 19 heavy (non-hydrogen) atoms. The molecule has 2 rings (SSSR count). The largest absolute Gasteiger partial charge is 0.360 e. The van der Waals surface area contributed by atoms with Crippen molar-refractivity contribution in [1.29, 1.82) is 0 Å². The Hall–Kier alpha value is -1.89. The van der Waals surface area contributed by atoms with E-state index in [1.165, 1.54) is 18.3 Å². The van der Waals surface area contributed by atoms with Crippen molar-refractivity contribution < 1.29 is 23.5 Å². The fraction of sp³-hybridized carbons (Fsp3) is 0.417. The standard InChI is InChI=1S/C12H12F2N2O3/c1-3-9(17)7-4-5-8(15-6-7)10-12(13,14)11(2,18)19-16-10/h4-6,18H,3H2,1-2H3. The van der Waals surface area contributed by atoms with Gasteiger partial charge in [0.2, 0.25) is 0 Å². The Labute approximate surface area is 107 Å². The van der Waals surface area contributed by atoms with Crippen molar-refractivity contribution in [2.45, 2.75) is 32.0 Å². The summed E-state index contributed by atoms with van der Waals surface area (Å²) in [7, 11) is 0. The van der Waals surface area contributed by atoms with Gasteiger partial charge in [-0.3, -0.25) is 9.78 Å². The first-order chi connectivity index (χ1) is 8.79. The number of halogens is 2. The van der Waals surface area contributed by atoms with Crippen LogP contribution in [-0.4, -0.2) is 33.3 Å². The maximum absolute atomic E-state index is 13.8. The Morgan fingerprint density at radius 2 is 2.16 bits per heavy atom. The van der Waals surface area contributed by atoms with Gasteiger partial charge in [-0.2, -0.15) is 8.78 Å². The number of oxime groups is 1. The van der Waals surface area contributed by atoms with Gasteiger partial charge >= 0.3 is 11.7 Å². The van der Waals surface area contributed by atoms with Gasteiger partial charge in [-0.25, -0.2) is 0 Å². The van der Waals surface area contributed by atoms with E-state index in [0.717, 1.165) is 6.92 Å². The molecule has 0 spiro atoms. The molecule has 0 amide bonds. The fourth-order valence-corrected chi connectivity index (χ4v) is 1.58. The van der Waals surface area contributed by atoms with Crippen LogP contribution < -0.4 is 0 Å². The molecule has 1 N–H and O–H groups in total. The lowest BCUT2D eigenvalue weighted by atomic mass is 10.0. The minimum atomic E-state index is -3.67. The summed E-state index contributed by atoms with van der Waals surface area (Å²) >= 11 is 0. The summed E-state index contributed by atoms with van der Waals surface area (Å²) in [6.07, 6.45) is 1.50. The number of hydrogen-bond donors (Lipinski definition) is 1. The molecule has 1 aliphatic heterocycles. The molecule has 7 heteroatoms. The Morgan fingerprint density at radius 3 is 2.58 bits per heavy atom. The zero-order valence-electron chi connectivity index (χ0n) is 10.4. The molecular formula is C12H12F2N2O3. The topological polar surface area (TPSA) is 71.8 Å². The van der Waals surface area contributed by atoms with Crippen LogP contribution in [0, 0.1) is 0 Å². The van der Waals surface area contributed by atoms with Crippen LogP contribution in [0.5, 0.6) is 0 Å². The van der Waals surface area contributed by atoms with Crippen LogP contribution in [0.15, 0.2) is 23.5 Å². The lowest BCUT2D eigenvalue weighted by Gasteiger charge is -2.22. The van der Waals surface area contributed by atoms with Crippen molar-refractivity contribution in [1.82, 2.24) is 4.98 Å². The number of nitrogens with zero attached hydrogens (tertiary/aromatic N) is 2. The Morgan fingerprint density at radius 1 is 1.47 bits per heavy atom. The van der Waals surface area contributed by atoms with Gasteiger partial charge in [0.15, 0.2) is 11.5 Å². The van der Waals surface area contributed by atoms with Crippen molar-refractivity contribution in [3.63, 3.8) is 0 Å². The van der Waals surface area contributed by atoms with Crippen molar-refractivity contribution in [3.05, 3.63) is 29.6 Å². The molecular weight excluding hydrogens is 258 g/mol. The number of aromatic nitrogens is 1. The fourth-order valence-electron chi connectivity index (χ4n) is 1.58. The van der Waals surface area contributed by atoms with E-state index < -0.39 is 17.4 Å². The van der Waals surface area contributed by atoms with Crippen molar-refractivity contribution in [3.8, 4) is 0 Å². The van der Waals surface area contributed by atoms with Crippen LogP contribution in [0.2, 0.25) is 0 Å². The van der Waals surface area contributed by atoms with Crippen molar-refractivity contribution >= 4 is 11.5 Å². The van der Waals surface area contributed by atoms with Crippen LogP contribution in [0.4, 0.5) is 8.78 Å². The highest BCUT2D eigenvalue weighted by Gasteiger charge is 2.61. The lowest BCUT2D eigenvalue weighted by Crippen LogP contribution is -2.47. The first kappa shape index (κ1) is 13.5. The van der Waals surface area contributed by atoms with Crippen LogP contribution in [0.1, 0.15) is 36.3 Å². The molecule has 0 saturated carbocycles. The second-order valence-corrected chi connectivity index (χ2v) is 4.30. The molecule has 0 radical (unpaired) electrons. The number of pyridine rings is 1. The molecule has 1 aromatic rings. The Balaban J connectivity index is 2.32. The van der Waals surface area contributed by atoms with Crippen LogP contribution in [0.25, 0.3) is 0 Å². The predicted molar refractivity (Wildman–Crippen MR) is 62.1 cm³/mol. The zero-order chi connectivity index (χ0) is 14.3. The summed E-state index contributed by atoms with van der Waals surface area (Å²) in [5.74, 6) is -6.50. The van der Waals surface area contributed by atoms with Gasteiger partial charge in [0, 0.05) is 25.1 Å². The minimum Gasteiger partial charge on any atom is -0.353 e. The number of aliphatic hydroxyl groups is 1. The predicted octanol–water partition coefficient (Wildman–Crippen LogP) is 1.75. The maximum atomic E-state index is 13.8. The van der Waals surface area contributed by atoms with Gasteiger partial charge in [0.1, 0.15) is 0 Å². The number of carbonyl (C=O) groups is 1. The summed E-state index contributed by atoms with van der Waals surface area (Å²) in [5, 5.41) is 12.5. The number of hydrogen-bond acceptors (Lipinski definition) is 5. The van der Waals surface area contributed by atoms with Crippen molar-refractivity contribution in [2.75, 3.05) is 0 Å². The first-order valence-electron chi connectivity index (χ1n) is 5.66. The number of rotatable bonds is 3. The van der Waals surface area contributed by atoms with Gasteiger partial charge in [0.25, 0.3) is 0 Å². The average molecular weight is 270 g/mol. The van der Waals surface area contributed by atoms with E-state index in [1.807, 2.05) is 0 Å². The number of alkyl halides is 2. The molecule has 5 nitrogen and oxygen atoms in total. The summed E-state index contributed by atoms with van der Waals surface area (Å²) in [6, 6.07) is 2.64. The van der Waals surface area contributed by atoms with E-state index >= 15 is 0 Å². The summed E-state index contributed by atoms with van der Waals surface area (Å²) < 4.78 is 27.6. The number of carbonyl (C=O) groups excluding carboxylic acids is 1. The SMILES string of the molecule is CCC(=O)c1ccc(C2=NOC(C)(O)C2(F)F)nc1. The average Bonchev–Trinajstić information content (AvgIpc) is 2.58. The molecule has 2 heterocycles. The number of ketones is 1. The third-order valence-corrected chi connectivity index (χ3v) is 2.84. The van der Waals surface area contributed by atoms with E-state index in [9.17, 15) is 18.7 Å². The zero-order valence-corrected chi connectivity index (χ0v) is 10.4. The molecule has 1 aliphatic rings. The van der Waals surface area contributed by atoms with Gasteiger partial charge in [-0.05, 0) is 12.1 Å². The minimum absolute atomic E-state index is 0.137. The quantitative estimate of drug-likeness (QED) is 0.849. The van der Waals surface area contributed by atoms with Crippen LogP contribution in [-0.2, 0) is 4.84 Å². The normalized spacial score (nSPS) is 24.8. The van der Waals surface area contributed by atoms with E-state index in [2.05, 4.69) is 15.0 Å². The highest BCUT2D eigenvalue weighted by molar-refractivity contribution is 6.06. The molecule has 0 bridgehead atoms. The van der Waals surface area contributed by atoms with E-state index in [4.69, 9.17) is 0 Å². The highest BCUT2D eigenvalue weighted by atomic mass is 19.3. The van der Waals surface area contributed by atoms with Gasteiger partial charge in [-0.15, -0.1) is 0 Å². The number of Topliss-reactive ketones (excluding diaryl/α,β-unsaturated/α-hetero) is 1. The monoisotopic (exact) mass is 270 g/mol. The van der Waals surface area contributed by atoms with Crippen LogP contribution in [0.3, 0.4) is 0 Å². The first-order valence-corrected chi connectivity index (χ1v) is 5.66. The van der Waals surface area contributed by atoms with Gasteiger partial charge in [-0.1, -0.05) is 12.1 Å². The molecule has 1 unspecified atom stereocenters. The molecule has 102 valence electrons. The molecule has 0 fully saturated rings. The van der Waals surface area contributed by atoms with Crippen LogP contribution >= 0.6 is 0 Å². The molecule has 0 aliphatic carbocycles. The molecule has 1 atom stereocenters. The highest BCUT2D eigenvalue weighted by Crippen LogP contribution is 2.38. The van der Waals surface area contributed by atoms with Crippen molar-refractivity contribution in [2.24, 2.45) is 5.16 Å². The summed E-state index contributed by atoms with van der Waals surface area (Å²) in [4.78, 5) is 19.5. The van der Waals surface area contributed by atoms with E-state index in [0.29, 0.717) is 12.0 Å². The van der Waals surface area contributed by atoms with E-state index in [1.54, 1.807) is 6.92 Å².